The van der Waals surface area contributed by atoms with Crippen LogP contribution >= 0.6 is 11.8 Å². The van der Waals surface area contributed by atoms with E-state index in [0.29, 0.717) is 28.1 Å². The number of rotatable bonds is 7. The fraction of sp³-hybridized carbons (Fsp3) is 0.273. The molecule has 1 fully saturated rings. The number of methoxy groups -OCH3 is 2. The Bertz CT molecular complexity index is 1030. The van der Waals surface area contributed by atoms with Crippen LogP contribution in [0.4, 0.5) is 5.69 Å². The van der Waals surface area contributed by atoms with E-state index in [-0.39, 0.29) is 18.2 Å². The molecule has 0 saturated carbocycles. The molecular formula is C22H24N4O4S. The van der Waals surface area contributed by atoms with Crippen molar-refractivity contribution in [3.05, 3.63) is 53.6 Å². The first kappa shape index (κ1) is 22.4. The summed E-state index contributed by atoms with van der Waals surface area (Å²) in [5.41, 5.74) is 3.26. The second-order valence-electron chi connectivity index (χ2n) is 6.87. The minimum atomic E-state index is -0.555. The largest absolute Gasteiger partial charge is 0.493 e. The topological polar surface area (TPSA) is 101 Å². The van der Waals surface area contributed by atoms with Crippen molar-refractivity contribution in [1.29, 1.82) is 0 Å². The predicted molar refractivity (Wildman–Crippen MR) is 123 cm³/mol. The lowest BCUT2D eigenvalue weighted by Gasteiger charge is -2.08. The Balaban J connectivity index is 1.62. The summed E-state index contributed by atoms with van der Waals surface area (Å²) in [4.78, 5) is 24.5. The highest BCUT2D eigenvalue weighted by atomic mass is 32.2. The van der Waals surface area contributed by atoms with Gasteiger partial charge in [-0.1, -0.05) is 29.5 Å². The third kappa shape index (κ3) is 5.85. The highest BCUT2D eigenvalue weighted by molar-refractivity contribution is 8.15. The molecule has 8 nitrogen and oxygen atoms in total. The predicted octanol–water partition coefficient (Wildman–Crippen LogP) is 3.35. The molecule has 0 spiro atoms. The number of anilines is 1. The molecule has 2 aromatic rings. The maximum absolute atomic E-state index is 12.3. The van der Waals surface area contributed by atoms with Crippen LogP contribution in [0.15, 0.2) is 52.7 Å². The molecule has 9 heteroatoms. The highest BCUT2D eigenvalue weighted by Gasteiger charge is 2.32. The van der Waals surface area contributed by atoms with Crippen molar-refractivity contribution in [3.63, 3.8) is 0 Å². The van der Waals surface area contributed by atoms with Crippen molar-refractivity contribution in [1.82, 2.24) is 5.32 Å². The zero-order valence-electron chi connectivity index (χ0n) is 17.8. The van der Waals surface area contributed by atoms with Crippen LogP contribution < -0.4 is 20.1 Å². The number of ether oxygens (including phenoxy) is 2. The second kappa shape index (κ2) is 10.1. The molecule has 1 saturated heterocycles. The van der Waals surface area contributed by atoms with Crippen LogP contribution in [0.25, 0.3) is 0 Å². The molecule has 162 valence electrons. The molecule has 0 bridgehead atoms. The van der Waals surface area contributed by atoms with E-state index >= 15 is 0 Å². The van der Waals surface area contributed by atoms with Crippen molar-refractivity contribution in [2.24, 2.45) is 10.2 Å². The minimum absolute atomic E-state index is 0.0434. The van der Waals surface area contributed by atoms with Crippen molar-refractivity contribution in [2.75, 3.05) is 19.5 Å². The normalized spacial score (nSPS) is 17.4. The van der Waals surface area contributed by atoms with Crippen molar-refractivity contribution in [3.8, 4) is 11.5 Å². The fourth-order valence-corrected chi connectivity index (χ4v) is 3.76. The first-order chi connectivity index (χ1) is 14.9. The van der Waals surface area contributed by atoms with Gasteiger partial charge in [-0.3, -0.25) is 9.59 Å². The van der Waals surface area contributed by atoms with Crippen LogP contribution in [-0.4, -0.2) is 42.2 Å². The van der Waals surface area contributed by atoms with Gasteiger partial charge in [0.05, 0.1) is 19.9 Å². The molecule has 1 aliphatic rings. The maximum Gasteiger partial charge on any atom is 0.240 e. The number of nitrogens with one attached hydrogen (secondary N) is 2. The number of amides is 2. The average Bonchev–Trinajstić information content (AvgIpc) is 3.12. The first-order valence-electron chi connectivity index (χ1n) is 9.58. The van der Waals surface area contributed by atoms with Gasteiger partial charge in [-0.15, -0.1) is 5.10 Å². The van der Waals surface area contributed by atoms with Gasteiger partial charge < -0.3 is 20.1 Å². The molecule has 3 rings (SSSR count). The zero-order chi connectivity index (χ0) is 22.4. The number of carbonyl (C=O) groups is 2. The van der Waals surface area contributed by atoms with Gasteiger partial charge in [0.1, 0.15) is 5.25 Å². The average molecular weight is 441 g/mol. The van der Waals surface area contributed by atoms with Crippen LogP contribution in [-0.2, 0) is 9.59 Å². The van der Waals surface area contributed by atoms with E-state index in [9.17, 15) is 9.59 Å². The number of carbonyl (C=O) groups excluding carboxylic acids is 2. The quantitative estimate of drug-likeness (QED) is 0.508. The lowest BCUT2D eigenvalue weighted by Crippen LogP contribution is -2.28. The molecule has 1 heterocycles. The number of thioether (sulfide) groups is 1. The second-order valence-corrected chi connectivity index (χ2v) is 8.07. The Labute approximate surface area is 185 Å². The molecule has 31 heavy (non-hydrogen) atoms. The van der Waals surface area contributed by atoms with E-state index in [0.717, 1.165) is 11.1 Å². The number of hydrogen-bond donors (Lipinski definition) is 2. The van der Waals surface area contributed by atoms with Gasteiger partial charge in [-0.25, -0.2) is 0 Å². The molecule has 1 aliphatic heterocycles. The minimum Gasteiger partial charge on any atom is -0.493 e. The first-order valence-corrected chi connectivity index (χ1v) is 10.5. The van der Waals surface area contributed by atoms with Crippen LogP contribution in [0, 0.1) is 6.92 Å². The van der Waals surface area contributed by atoms with Gasteiger partial charge in [0.25, 0.3) is 0 Å². The van der Waals surface area contributed by atoms with E-state index < -0.39 is 5.25 Å². The Morgan fingerprint density at radius 3 is 2.52 bits per heavy atom. The molecule has 0 radical (unpaired) electrons. The number of hydrogen-bond acceptors (Lipinski definition) is 7. The molecule has 0 aromatic heterocycles. The number of benzene rings is 2. The van der Waals surface area contributed by atoms with E-state index in [1.807, 2.05) is 37.3 Å². The summed E-state index contributed by atoms with van der Waals surface area (Å²) < 4.78 is 10.5. The van der Waals surface area contributed by atoms with Gasteiger partial charge in [0.2, 0.25) is 11.8 Å². The summed E-state index contributed by atoms with van der Waals surface area (Å²) in [6.07, 6.45) is 0.0434. The maximum atomic E-state index is 12.3. The Morgan fingerprint density at radius 2 is 1.84 bits per heavy atom. The number of amidine groups is 1. The van der Waals surface area contributed by atoms with E-state index in [1.54, 1.807) is 33.3 Å². The summed E-state index contributed by atoms with van der Waals surface area (Å²) >= 11 is 1.19. The smallest absolute Gasteiger partial charge is 0.240 e. The Morgan fingerprint density at radius 1 is 1.13 bits per heavy atom. The van der Waals surface area contributed by atoms with E-state index in [2.05, 4.69) is 20.8 Å². The van der Waals surface area contributed by atoms with Crippen LogP contribution in [0.3, 0.4) is 0 Å². The van der Waals surface area contributed by atoms with E-state index in [4.69, 9.17) is 9.47 Å². The molecular weight excluding hydrogens is 416 g/mol. The fourth-order valence-electron chi connectivity index (χ4n) is 2.84. The molecule has 2 aromatic carbocycles. The number of aryl methyl sites for hydroxylation is 1. The van der Waals surface area contributed by atoms with Gasteiger partial charge in [-0.05, 0) is 44.2 Å². The van der Waals surface area contributed by atoms with Crippen LogP contribution in [0.5, 0.6) is 11.5 Å². The SMILES string of the molecule is COc1ccc(C(C)=NN=C2NC(=O)[C@@H](CC(=O)Nc3ccc(C)cc3)S2)cc1OC. The standard InChI is InChI=1S/C22H24N4O4S/c1-13-5-8-16(9-6-13)23-20(27)12-19-21(28)24-22(31-19)26-25-14(2)15-7-10-17(29-3)18(11-15)30-4/h5-11,19H,12H2,1-4H3,(H,23,27)(H,24,26,28)/t19-/m1/s1. The Hall–Kier alpha value is -3.33. The summed E-state index contributed by atoms with van der Waals surface area (Å²) in [5.74, 6) is 0.714. The molecule has 1 atom stereocenters. The molecule has 2 N–H and O–H groups in total. The van der Waals surface area contributed by atoms with Crippen molar-refractivity contribution in [2.45, 2.75) is 25.5 Å². The summed E-state index contributed by atoms with van der Waals surface area (Å²) in [6.45, 7) is 3.78. The van der Waals surface area contributed by atoms with Crippen LogP contribution in [0.1, 0.15) is 24.5 Å². The third-order valence-corrected chi connectivity index (χ3v) is 5.65. The lowest BCUT2D eigenvalue weighted by molar-refractivity contribution is -0.122. The zero-order valence-corrected chi connectivity index (χ0v) is 18.6. The molecule has 2 amide bonds. The van der Waals surface area contributed by atoms with Crippen LogP contribution in [0.2, 0.25) is 0 Å². The third-order valence-electron chi connectivity index (χ3n) is 4.57. The monoisotopic (exact) mass is 440 g/mol. The van der Waals surface area contributed by atoms with Gasteiger partial charge in [0, 0.05) is 17.7 Å². The highest BCUT2D eigenvalue weighted by Crippen LogP contribution is 2.28. The van der Waals surface area contributed by atoms with Crippen molar-refractivity contribution < 1.29 is 19.1 Å². The summed E-state index contributed by atoms with van der Waals surface area (Å²) in [5, 5.41) is 13.6. The van der Waals surface area contributed by atoms with Gasteiger partial charge >= 0.3 is 0 Å². The van der Waals surface area contributed by atoms with Gasteiger partial charge in [-0.2, -0.15) is 5.10 Å². The van der Waals surface area contributed by atoms with Crippen molar-refractivity contribution >= 4 is 40.1 Å². The van der Waals surface area contributed by atoms with E-state index in [1.165, 1.54) is 11.8 Å². The summed E-state index contributed by atoms with van der Waals surface area (Å²) in [6, 6.07) is 12.9. The molecule has 0 unspecified atom stereocenters. The number of nitrogens with zero attached hydrogens (tertiary/aromatic N) is 2. The van der Waals surface area contributed by atoms with Gasteiger partial charge in [0.15, 0.2) is 16.7 Å². The lowest BCUT2D eigenvalue weighted by atomic mass is 10.1. The summed E-state index contributed by atoms with van der Waals surface area (Å²) in [7, 11) is 3.13. The molecule has 0 aliphatic carbocycles. The Kier molecular flexibility index (Phi) is 7.30.